The van der Waals surface area contributed by atoms with E-state index in [2.05, 4.69) is 16.3 Å². The third-order valence-electron chi connectivity index (χ3n) is 1.65. The molecule has 0 aliphatic rings. The van der Waals surface area contributed by atoms with E-state index in [1.165, 1.54) is 11.5 Å². The molecule has 0 amide bonds. The molecule has 4 nitrogen and oxygen atoms in total. The zero-order valence-electron chi connectivity index (χ0n) is 7.49. The number of unbranched alkanes of at least 4 members (excludes halogenated alkanes) is 2. The SMILES string of the molecule is CCCCCc1nc(C(=O)O)ns1. The van der Waals surface area contributed by atoms with Gasteiger partial charge in [0.05, 0.1) is 0 Å². The first kappa shape index (κ1) is 10.1. The lowest BCUT2D eigenvalue weighted by atomic mass is 10.2. The summed E-state index contributed by atoms with van der Waals surface area (Å²) in [5.41, 5.74) is 0. The fourth-order valence-corrected chi connectivity index (χ4v) is 1.64. The summed E-state index contributed by atoms with van der Waals surface area (Å²) in [5, 5.41) is 9.38. The smallest absolute Gasteiger partial charge is 0.374 e. The van der Waals surface area contributed by atoms with Gasteiger partial charge in [0.15, 0.2) is 0 Å². The molecule has 1 heterocycles. The predicted molar refractivity (Wildman–Crippen MR) is 50.1 cm³/mol. The van der Waals surface area contributed by atoms with E-state index in [1.807, 2.05) is 0 Å². The molecular formula is C8H12N2O2S. The molecule has 0 aromatic carbocycles. The van der Waals surface area contributed by atoms with Crippen molar-refractivity contribution in [1.29, 1.82) is 0 Å². The van der Waals surface area contributed by atoms with Crippen molar-refractivity contribution in [2.75, 3.05) is 0 Å². The van der Waals surface area contributed by atoms with Crippen molar-refractivity contribution in [1.82, 2.24) is 9.36 Å². The molecule has 1 N–H and O–H groups in total. The van der Waals surface area contributed by atoms with Crippen LogP contribution >= 0.6 is 11.5 Å². The van der Waals surface area contributed by atoms with Crippen molar-refractivity contribution in [2.45, 2.75) is 32.6 Å². The average Bonchev–Trinajstić information content (AvgIpc) is 2.53. The molecule has 0 radical (unpaired) electrons. The number of hydrogen-bond acceptors (Lipinski definition) is 4. The topological polar surface area (TPSA) is 63.1 Å². The lowest BCUT2D eigenvalue weighted by Gasteiger charge is -1.92. The minimum atomic E-state index is -1.04. The van der Waals surface area contributed by atoms with Gasteiger partial charge in [-0.05, 0) is 18.0 Å². The number of aromatic nitrogens is 2. The monoisotopic (exact) mass is 200 g/mol. The lowest BCUT2D eigenvalue weighted by Crippen LogP contribution is -1.98. The van der Waals surface area contributed by atoms with Gasteiger partial charge in [0.25, 0.3) is 5.82 Å². The van der Waals surface area contributed by atoms with E-state index < -0.39 is 5.97 Å². The predicted octanol–water partition coefficient (Wildman–Crippen LogP) is 1.97. The summed E-state index contributed by atoms with van der Waals surface area (Å²) in [6.07, 6.45) is 4.22. The largest absolute Gasteiger partial charge is 0.475 e. The summed E-state index contributed by atoms with van der Waals surface area (Å²) in [6, 6.07) is 0. The van der Waals surface area contributed by atoms with Crippen LogP contribution in [0.5, 0.6) is 0 Å². The molecule has 13 heavy (non-hydrogen) atoms. The van der Waals surface area contributed by atoms with Gasteiger partial charge in [-0.15, -0.1) is 0 Å². The maximum absolute atomic E-state index is 10.4. The first-order valence-corrected chi connectivity index (χ1v) is 5.07. The summed E-state index contributed by atoms with van der Waals surface area (Å²) in [4.78, 5) is 14.3. The maximum atomic E-state index is 10.4. The minimum Gasteiger partial charge on any atom is -0.475 e. The first-order valence-electron chi connectivity index (χ1n) is 4.30. The highest BCUT2D eigenvalue weighted by Gasteiger charge is 2.09. The van der Waals surface area contributed by atoms with Gasteiger partial charge in [-0.3, -0.25) is 0 Å². The molecule has 0 fully saturated rings. The first-order chi connectivity index (χ1) is 6.24. The van der Waals surface area contributed by atoms with Crippen molar-refractivity contribution in [3.05, 3.63) is 10.8 Å². The van der Waals surface area contributed by atoms with Crippen LogP contribution in [-0.4, -0.2) is 20.4 Å². The van der Waals surface area contributed by atoms with E-state index in [9.17, 15) is 4.79 Å². The van der Waals surface area contributed by atoms with Crippen LogP contribution in [0.25, 0.3) is 0 Å². The Morgan fingerprint density at radius 1 is 1.54 bits per heavy atom. The van der Waals surface area contributed by atoms with Crippen molar-refractivity contribution in [2.24, 2.45) is 0 Å². The number of carbonyl (C=O) groups is 1. The maximum Gasteiger partial charge on any atom is 0.374 e. The van der Waals surface area contributed by atoms with Crippen LogP contribution in [0, 0.1) is 0 Å². The number of rotatable bonds is 5. The van der Waals surface area contributed by atoms with Gasteiger partial charge in [0.1, 0.15) is 5.01 Å². The molecule has 0 saturated carbocycles. The molecule has 0 spiro atoms. The second-order valence-electron chi connectivity index (χ2n) is 2.77. The Bertz CT molecular complexity index is 285. The zero-order valence-corrected chi connectivity index (χ0v) is 8.30. The molecule has 1 aromatic rings. The zero-order chi connectivity index (χ0) is 9.68. The van der Waals surface area contributed by atoms with Crippen molar-refractivity contribution in [3.8, 4) is 0 Å². The van der Waals surface area contributed by atoms with Crippen molar-refractivity contribution >= 4 is 17.5 Å². The third-order valence-corrected chi connectivity index (χ3v) is 2.42. The van der Waals surface area contributed by atoms with Gasteiger partial charge in [0.2, 0.25) is 0 Å². The highest BCUT2D eigenvalue weighted by atomic mass is 32.1. The summed E-state index contributed by atoms with van der Waals surface area (Å²) < 4.78 is 3.73. The Morgan fingerprint density at radius 3 is 2.85 bits per heavy atom. The van der Waals surface area contributed by atoms with Gasteiger partial charge in [-0.2, -0.15) is 4.37 Å². The van der Waals surface area contributed by atoms with Crippen LogP contribution in [0.2, 0.25) is 0 Å². The van der Waals surface area contributed by atoms with E-state index in [-0.39, 0.29) is 5.82 Å². The molecule has 0 bridgehead atoms. The molecule has 1 aromatic heterocycles. The van der Waals surface area contributed by atoms with Gasteiger partial charge < -0.3 is 5.11 Å². The Hall–Kier alpha value is -0.970. The number of carboxylic acids is 1. The Kier molecular flexibility index (Phi) is 3.82. The van der Waals surface area contributed by atoms with Crippen LogP contribution in [0.4, 0.5) is 0 Å². The summed E-state index contributed by atoms with van der Waals surface area (Å²) in [6.45, 7) is 2.13. The quantitative estimate of drug-likeness (QED) is 0.738. The highest BCUT2D eigenvalue weighted by molar-refractivity contribution is 7.05. The number of aromatic carboxylic acids is 1. The standard InChI is InChI=1S/C8H12N2O2S/c1-2-3-4-5-6-9-7(8(11)12)10-13-6/h2-5H2,1H3,(H,11,12). The molecule has 5 heteroatoms. The number of hydrogen-bond donors (Lipinski definition) is 1. The fraction of sp³-hybridized carbons (Fsp3) is 0.625. The summed E-state index contributed by atoms with van der Waals surface area (Å²) in [5.74, 6) is -1.12. The summed E-state index contributed by atoms with van der Waals surface area (Å²) >= 11 is 1.19. The van der Waals surface area contributed by atoms with E-state index in [1.54, 1.807) is 0 Å². The van der Waals surface area contributed by atoms with E-state index in [0.29, 0.717) is 0 Å². The van der Waals surface area contributed by atoms with Crippen LogP contribution < -0.4 is 0 Å². The second-order valence-corrected chi connectivity index (χ2v) is 3.61. The molecule has 0 aliphatic heterocycles. The van der Waals surface area contributed by atoms with E-state index in [0.717, 1.165) is 30.7 Å². The third kappa shape index (κ3) is 3.10. The van der Waals surface area contributed by atoms with Crippen LogP contribution in [0.15, 0.2) is 0 Å². The van der Waals surface area contributed by atoms with Gasteiger partial charge in [-0.1, -0.05) is 19.8 Å². The van der Waals surface area contributed by atoms with Crippen LogP contribution in [0.1, 0.15) is 41.8 Å². The van der Waals surface area contributed by atoms with Crippen LogP contribution in [0.3, 0.4) is 0 Å². The normalized spacial score (nSPS) is 10.2. The van der Waals surface area contributed by atoms with E-state index in [4.69, 9.17) is 5.11 Å². The van der Waals surface area contributed by atoms with Crippen molar-refractivity contribution < 1.29 is 9.90 Å². The Morgan fingerprint density at radius 2 is 2.31 bits per heavy atom. The Balaban J connectivity index is 2.44. The van der Waals surface area contributed by atoms with Crippen molar-refractivity contribution in [3.63, 3.8) is 0 Å². The van der Waals surface area contributed by atoms with Gasteiger partial charge >= 0.3 is 5.97 Å². The Labute approximate surface area is 80.8 Å². The van der Waals surface area contributed by atoms with E-state index >= 15 is 0 Å². The molecule has 0 saturated heterocycles. The average molecular weight is 200 g/mol. The minimum absolute atomic E-state index is 0.0727. The molecule has 0 unspecified atom stereocenters. The molecule has 72 valence electrons. The fourth-order valence-electron chi connectivity index (χ4n) is 0.970. The number of nitrogens with zero attached hydrogens (tertiary/aromatic N) is 2. The van der Waals surface area contributed by atoms with Gasteiger partial charge in [0, 0.05) is 6.42 Å². The van der Waals surface area contributed by atoms with Crippen LogP contribution in [-0.2, 0) is 6.42 Å². The second kappa shape index (κ2) is 4.91. The highest BCUT2D eigenvalue weighted by Crippen LogP contribution is 2.09. The van der Waals surface area contributed by atoms with Gasteiger partial charge in [-0.25, -0.2) is 9.78 Å². The molecular weight excluding hydrogens is 188 g/mol. The number of aryl methyl sites for hydroxylation is 1. The summed E-state index contributed by atoms with van der Waals surface area (Å²) in [7, 11) is 0. The molecule has 0 aliphatic carbocycles. The molecule has 1 rings (SSSR count). The lowest BCUT2D eigenvalue weighted by molar-refractivity contribution is 0.0685. The number of carboxylic acid groups (broad SMARTS) is 1. The molecule has 0 atom stereocenters.